The van der Waals surface area contributed by atoms with Crippen molar-refractivity contribution in [2.45, 2.75) is 36.3 Å². The molecule has 0 bridgehead atoms. The van der Waals surface area contributed by atoms with Crippen LogP contribution in [-0.2, 0) is 14.8 Å². The van der Waals surface area contributed by atoms with E-state index >= 15 is 0 Å². The lowest BCUT2D eigenvalue weighted by Crippen LogP contribution is -2.50. The van der Waals surface area contributed by atoms with Gasteiger partial charge < -0.3 is 15.0 Å². The number of ether oxygens (including phenoxy) is 1. The van der Waals surface area contributed by atoms with Crippen molar-refractivity contribution in [1.82, 2.24) is 14.7 Å². The number of morpholine rings is 1. The Bertz CT molecular complexity index is 979. The van der Waals surface area contributed by atoms with E-state index in [1.807, 2.05) is 11.8 Å². The van der Waals surface area contributed by atoms with Crippen LogP contribution < -0.4 is 14.9 Å². The van der Waals surface area contributed by atoms with Gasteiger partial charge in [0.25, 0.3) is 0 Å². The number of hydrogen-bond donors (Lipinski definition) is 2. The smallest absolute Gasteiger partial charge is 0.240 e. The predicted octanol–water partition coefficient (Wildman–Crippen LogP) is 2.03. The first-order valence-corrected chi connectivity index (χ1v) is 10.5. The number of hydrogen-bond acceptors (Lipinski definition) is 7. The van der Waals surface area contributed by atoms with Crippen LogP contribution in [0.5, 0.6) is 0 Å². The first-order chi connectivity index (χ1) is 13.3. The lowest BCUT2D eigenvalue weighted by molar-refractivity contribution is 0.00292. The zero-order valence-corrected chi connectivity index (χ0v) is 16.5. The van der Waals surface area contributed by atoms with Gasteiger partial charge in [0.1, 0.15) is 0 Å². The minimum atomic E-state index is -3.50. The van der Waals surface area contributed by atoms with Crippen LogP contribution in [0.2, 0.25) is 0 Å². The molecule has 1 aliphatic carbocycles. The molecule has 2 aliphatic rings. The van der Waals surface area contributed by atoms with E-state index in [0.717, 1.165) is 19.0 Å². The molecular formula is C18H22FN5O3S. The largest absolute Gasteiger partial charge is 0.371 e. The summed E-state index contributed by atoms with van der Waals surface area (Å²) in [6.07, 6.45) is 3.11. The second-order valence-corrected chi connectivity index (χ2v) is 9.08. The predicted molar refractivity (Wildman–Crippen MR) is 103 cm³/mol. The standard InChI is InChI=1S/C18H22FN5O3S/c1-12-10-27-18(7-8-18)11-24(12)16-15(19)9-21-17(23-16)22-13-3-5-14(6-4-13)28(25,26)20-2/h3-6,9,12,20H,7-8,10-11H2,1-2H3,(H,21,22,23)/t12-/m0/s1. The molecule has 1 aromatic heterocycles. The van der Waals surface area contributed by atoms with Gasteiger partial charge in [-0.25, -0.2) is 22.5 Å². The molecular weight excluding hydrogens is 385 g/mol. The van der Waals surface area contributed by atoms with Crippen molar-refractivity contribution in [3.63, 3.8) is 0 Å². The van der Waals surface area contributed by atoms with Crippen LogP contribution >= 0.6 is 0 Å². The number of nitrogens with zero attached hydrogens (tertiary/aromatic N) is 3. The van der Waals surface area contributed by atoms with Crippen LogP contribution in [-0.4, -0.2) is 50.2 Å². The minimum absolute atomic E-state index is 0.00880. The summed E-state index contributed by atoms with van der Waals surface area (Å²) in [5, 5.41) is 3.00. The van der Waals surface area contributed by atoms with E-state index in [1.165, 1.54) is 19.2 Å². The molecule has 2 aromatic rings. The van der Waals surface area contributed by atoms with Crippen LogP contribution in [0, 0.1) is 5.82 Å². The van der Waals surface area contributed by atoms with Crippen molar-refractivity contribution in [3.05, 3.63) is 36.3 Å². The van der Waals surface area contributed by atoms with Gasteiger partial charge >= 0.3 is 0 Å². The Hall–Kier alpha value is -2.30. The lowest BCUT2D eigenvalue weighted by atomic mass is 10.2. The van der Waals surface area contributed by atoms with Gasteiger partial charge in [-0.05, 0) is 51.1 Å². The number of rotatable bonds is 5. The average Bonchev–Trinajstić information content (AvgIpc) is 3.45. The van der Waals surface area contributed by atoms with Gasteiger partial charge in [-0.2, -0.15) is 4.98 Å². The third kappa shape index (κ3) is 3.67. The van der Waals surface area contributed by atoms with Crippen LogP contribution in [0.1, 0.15) is 19.8 Å². The minimum Gasteiger partial charge on any atom is -0.371 e. The molecule has 0 radical (unpaired) electrons. The summed E-state index contributed by atoms with van der Waals surface area (Å²) < 4.78 is 46.2. The normalized spacial score (nSPS) is 21.0. The third-order valence-electron chi connectivity index (χ3n) is 5.12. The molecule has 1 saturated heterocycles. The molecule has 1 spiro atoms. The van der Waals surface area contributed by atoms with Gasteiger partial charge in [-0.1, -0.05) is 0 Å². The van der Waals surface area contributed by atoms with Crippen molar-refractivity contribution in [3.8, 4) is 0 Å². The molecule has 0 amide bonds. The van der Waals surface area contributed by atoms with Gasteiger partial charge in [0, 0.05) is 12.2 Å². The fourth-order valence-electron chi connectivity index (χ4n) is 3.21. The fourth-order valence-corrected chi connectivity index (χ4v) is 3.94. The molecule has 2 fully saturated rings. The highest BCUT2D eigenvalue weighted by atomic mass is 32.2. The van der Waals surface area contributed by atoms with E-state index < -0.39 is 15.8 Å². The summed E-state index contributed by atoms with van der Waals surface area (Å²) >= 11 is 0. The van der Waals surface area contributed by atoms with Crippen LogP contribution in [0.4, 0.5) is 21.8 Å². The molecule has 8 nitrogen and oxygen atoms in total. The Balaban J connectivity index is 1.55. The van der Waals surface area contributed by atoms with Crippen LogP contribution in [0.3, 0.4) is 0 Å². The topological polar surface area (TPSA) is 96.5 Å². The Morgan fingerprint density at radius 2 is 2.00 bits per heavy atom. The zero-order chi connectivity index (χ0) is 19.9. The second-order valence-electron chi connectivity index (χ2n) is 7.19. The summed E-state index contributed by atoms with van der Waals surface area (Å²) in [7, 11) is -2.15. The van der Waals surface area contributed by atoms with E-state index in [4.69, 9.17) is 4.74 Å². The van der Waals surface area contributed by atoms with E-state index in [9.17, 15) is 12.8 Å². The second kappa shape index (κ2) is 6.94. The Morgan fingerprint density at radius 1 is 1.29 bits per heavy atom. The first-order valence-electron chi connectivity index (χ1n) is 9.06. The molecule has 2 N–H and O–H groups in total. The van der Waals surface area contributed by atoms with Gasteiger partial charge in [0.2, 0.25) is 16.0 Å². The number of aromatic nitrogens is 2. The quantitative estimate of drug-likeness (QED) is 0.783. The maximum Gasteiger partial charge on any atom is 0.240 e. The molecule has 4 rings (SSSR count). The van der Waals surface area contributed by atoms with Gasteiger partial charge in [0.15, 0.2) is 11.6 Å². The highest BCUT2D eigenvalue weighted by molar-refractivity contribution is 7.89. The SMILES string of the molecule is CNS(=O)(=O)c1ccc(Nc2ncc(F)c(N3CC4(CC4)OC[C@@H]3C)n2)cc1. The first kappa shape index (κ1) is 19.0. The van der Waals surface area contributed by atoms with Crippen molar-refractivity contribution < 1.29 is 17.5 Å². The molecule has 0 unspecified atom stereocenters. The molecule has 1 atom stereocenters. The van der Waals surface area contributed by atoms with E-state index in [1.54, 1.807) is 12.1 Å². The Labute approximate surface area is 163 Å². The molecule has 1 aromatic carbocycles. The van der Waals surface area contributed by atoms with Crippen molar-refractivity contribution in [2.75, 3.05) is 30.4 Å². The molecule has 28 heavy (non-hydrogen) atoms. The number of anilines is 3. The summed E-state index contributed by atoms with van der Waals surface area (Å²) in [4.78, 5) is 10.5. The van der Waals surface area contributed by atoms with Gasteiger partial charge in [-0.3, -0.25) is 0 Å². The highest BCUT2D eigenvalue weighted by Crippen LogP contribution is 2.44. The van der Waals surface area contributed by atoms with Crippen LogP contribution in [0.25, 0.3) is 0 Å². The lowest BCUT2D eigenvalue weighted by Gasteiger charge is -2.39. The summed E-state index contributed by atoms with van der Waals surface area (Å²) in [6, 6.07) is 6.16. The molecule has 10 heteroatoms. The fraction of sp³-hybridized carbons (Fsp3) is 0.444. The molecule has 2 heterocycles. The number of sulfonamides is 1. The summed E-state index contributed by atoms with van der Waals surface area (Å²) in [5.74, 6) is 0.00341. The monoisotopic (exact) mass is 407 g/mol. The van der Waals surface area contributed by atoms with E-state index in [-0.39, 0.29) is 28.3 Å². The number of halogens is 1. The Morgan fingerprint density at radius 3 is 2.64 bits per heavy atom. The van der Waals surface area contributed by atoms with Crippen molar-refractivity contribution in [2.24, 2.45) is 0 Å². The average molecular weight is 407 g/mol. The van der Waals surface area contributed by atoms with E-state index in [2.05, 4.69) is 20.0 Å². The van der Waals surface area contributed by atoms with Gasteiger partial charge in [0.05, 0.1) is 29.3 Å². The van der Waals surface area contributed by atoms with Crippen molar-refractivity contribution in [1.29, 1.82) is 0 Å². The maximum absolute atomic E-state index is 14.5. The Kier molecular flexibility index (Phi) is 4.72. The molecule has 1 saturated carbocycles. The number of benzene rings is 1. The number of nitrogens with one attached hydrogen (secondary N) is 2. The zero-order valence-electron chi connectivity index (χ0n) is 15.6. The highest BCUT2D eigenvalue weighted by Gasteiger charge is 2.49. The molecule has 1 aliphatic heterocycles. The van der Waals surface area contributed by atoms with Gasteiger partial charge in [-0.15, -0.1) is 0 Å². The van der Waals surface area contributed by atoms with Crippen molar-refractivity contribution >= 4 is 27.5 Å². The summed E-state index contributed by atoms with van der Waals surface area (Å²) in [6.45, 7) is 3.12. The van der Waals surface area contributed by atoms with Crippen LogP contribution in [0.15, 0.2) is 35.4 Å². The van der Waals surface area contributed by atoms with E-state index in [0.29, 0.717) is 18.8 Å². The molecule has 150 valence electrons. The summed E-state index contributed by atoms with van der Waals surface area (Å²) in [5.41, 5.74) is 0.438. The third-order valence-corrected chi connectivity index (χ3v) is 6.55. The maximum atomic E-state index is 14.5.